The molecule has 1 aliphatic rings. The Labute approximate surface area is 116 Å². The average molecular weight is 288 g/mol. The Hall–Kier alpha value is -1.23. The van der Waals surface area contributed by atoms with E-state index in [0.29, 0.717) is 11.5 Å². The third-order valence-electron chi connectivity index (χ3n) is 3.86. The zero-order chi connectivity index (χ0) is 14.8. The van der Waals surface area contributed by atoms with Crippen molar-refractivity contribution in [2.24, 2.45) is 11.8 Å². The molecule has 0 bridgehead atoms. The number of alkyl halides is 3. The van der Waals surface area contributed by atoms with Crippen LogP contribution < -0.4 is 4.74 Å². The van der Waals surface area contributed by atoms with Gasteiger partial charge in [-0.25, -0.2) is 0 Å². The monoisotopic (exact) mass is 288 g/mol. The standard InChI is InChI=1S/C15H19F3O2/c1-10-4-2-5-11(8-10)14(19)12-6-3-7-13(9-12)20-15(16,17)18/h3,6-7,9-11,14,19H,2,4-5,8H2,1H3. The highest BCUT2D eigenvalue weighted by atomic mass is 19.4. The van der Waals surface area contributed by atoms with Gasteiger partial charge in [0.05, 0.1) is 6.10 Å². The molecule has 0 radical (unpaired) electrons. The first kappa shape index (κ1) is 15.2. The second kappa shape index (κ2) is 6.04. The van der Waals surface area contributed by atoms with Gasteiger partial charge in [-0.2, -0.15) is 0 Å². The first-order chi connectivity index (χ1) is 9.35. The first-order valence-electron chi connectivity index (χ1n) is 6.89. The molecule has 1 aliphatic carbocycles. The van der Waals surface area contributed by atoms with Crippen molar-refractivity contribution >= 4 is 0 Å². The van der Waals surface area contributed by atoms with E-state index in [1.807, 2.05) is 0 Å². The fraction of sp³-hybridized carbons (Fsp3) is 0.600. The Morgan fingerprint density at radius 1 is 1.30 bits per heavy atom. The van der Waals surface area contributed by atoms with Crippen molar-refractivity contribution in [3.05, 3.63) is 29.8 Å². The molecule has 2 rings (SSSR count). The van der Waals surface area contributed by atoms with Gasteiger partial charge in [-0.15, -0.1) is 13.2 Å². The van der Waals surface area contributed by atoms with Crippen LogP contribution in [0.1, 0.15) is 44.3 Å². The fourth-order valence-corrected chi connectivity index (χ4v) is 2.94. The molecule has 1 saturated carbocycles. The summed E-state index contributed by atoms with van der Waals surface area (Å²) in [6.07, 6.45) is -1.40. The molecule has 3 atom stereocenters. The summed E-state index contributed by atoms with van der Waals surface area (Å²) in [5.74, 6) is 0.385. The molecule has 0 aromatic heterocycles. The lowest BCUT2D eigenvalue weighted by molar-refractivity contribution is -0.274. The van der Waals surface area contributed by atoms with Crippen molar-refractivity contribution in [3.8, 4) is 5.75 Å². The molecular weight excluding hydrogens is 269 g/mol. The summed E-state index contributed by atoms with van der Waals surface area (Å²) in [4.78, 5) is 0. The number of halogens is 3. The molecule has 20 heavy (non-hydrogen) atoms. The number of aliphatic hydroxyl groups is 1. The smallest absolute Gasteiger partial charge is 0.406 e. The van der Waals surface area contributed by atoms with Crippen LogP contribution in [0.2, 0.25) is 0 Å². The minimum Gasteiger partial charge on any atom is -0.406 e. The average Bonchev–Trinajstić information content (AvgIpc) is 2.36. The molecule has 0 aliphatic heterocycles. The number of rotatable bonds is 3. The molecule has 1 aromatic carbocycles. The molecule has 5 heteroatoms. The summed E-state index contributed by atoms with van der Waals surface area (Å²) < 4.78 is 40.5. The number of benzene rings is 1. The van der Waals surface area contributed by atoms with Crippen molar-refractivity contribution in [2.45, 2.75) is 45.1 Å². The molecule has 0 spiro atoms. The Kier molecular flexibility index (Phi) is 4.58. The number of aliphatic hydroxyl groups excluding tert-OH is 1. The van der Waals surface area contributed by atoms with E-state index in [1.165, 1.54) is 18.2 Å². The van der Waals surface area contributed by atoms with Gasteiger partial charge in [-0.3, -0.25) is 0 Å². The van der Waals surface area contributed by atoms with E-state index in [0.717, 1.165) is 25.7 Å². The zero-order valence-corrected chi connectivity index (χ0v) is 11.4. The van der Waals surface area contributed by atoms with Crippen molar-refractivity contribution in [3.63, 3.8) is 0 Å². The first-order valence-corrected chi connectivity index (χ1v) is 6.89. The lowest BCUT2D eigenvalue weighted by Crippen LogP contribution is -2.21. The third kappa shape index (κ3) is 4.13. The van der Waals surface area contributed by atoms with E-state index in [4.69, 9.17) is 0 Å². The number of hydrogen-bond acceptors (Lipinski definition) is 2. The largest absolute Gasteiger partial charge is 0.573 e. The molecule has 1 fully saturated rings. The highest BCUT2D eigenvalue weighted by Gasteiger charge is 2.32. The van der Waals surface area contributed by atoms with Gasteiger partial charge in [0.1, 0.15) is 5.75 Å². The highest BCUT2D eigenvalue weighted by molar-refractivity contribution is 5.30. The lowest BCUT2D eigenvalue weighted by atomic mass is 9.78. The highest BCUT2D eigenvalue weighted by Crippen LogP contribution is 2.38. The fourth-order valence-electron chi connectivity index (χ4n) is 2.94. The third-order valence-corrected chi connectivity index (χ3v) is 3.86. The Balaban J connectivity index is 2.09. The van der Waals surface area contributed by atoms with Crippen LogP contribution in [0.3, 0.4) is 0 Å². The Bertz CT molecular complexity index is 445. The normalized spacial score (nSPS) is 25.2. The van der Waals surface area contributed by atoms with Gasteiger partial charge in [0.2, 0.25) is 0 Å². The molecule has 2 nitrogen and oxygen atoms in total. The maximum atomic E-state index is 12.2. The maximum absolute atomic E-state index is 12.2. The second-order valence-corrected chi connectivity index (χ2v) is 5.60. The van der Waals surface area contributed by atoms with Gasteiger partial charge < -0.3 is 9.84 Å². The van der Waals surface area contributed by atoms with Gasteiger partial charge in [0, 0.05) is 0 Å². The van der Waals surface area contributed by atoms with Gasteiger partial charge in [0.15, 0.2) is 0 Å². The van der Waals surface area contributed by atoms with Crippen molar-refractivity contribution < 1.29 is 23.0 Å². The summed E-state index contributed by atoms with van der Waals surface area (Å²) in [5.41, 5.74) is 0.492. The van der Waals surface area contributed by atoms with Gasteiger partial charge in [-0.1, -0.05) is 31.9 Å². The van der Waals surface area contributed by atoms with Crippen LogP contribution in [0.4, 0.5) is 13.2 Å². The summed E-state index contributed by atoms with van der Waals surface area (Å²) >= 11 is 0. The quantitative estimate of drug-likeness (QED) is 0.890. The molecule has 0 saturated heterocycles. The SMILES string of the molecule is CC1CCCC(C(O)c2cccc(OC(F)(F)F)c2)C1. The predicted octanol–water partition coefficient (Wildman–Crippen LogP) is 4.44. The van der Waals surface area contributed by atoms with Crippen LogP contribution in [-0.4, -0.2) is 11.5 Å². The molecule has 0 heterocycles. The maximum Gasteiger partial charge on any atom is 0.573 e. The van der Waals surface area contributed by atoms with Crippen molar-refractivity contribution in [1.29, 1.82) is 0 Å². The minimum absolute atomic E-state index is 0.111. The Morgan fingerprint density at radius 2 is 2.05 bits per heavy atom. The molecule has 112 valence electrons. The summed E-state index contributed by atoms with van der Waals surface area (Å²) in [5, 5.41) is 10.3. The lowest BCUT2D eigenvalue weighted by Gasteiger charge is -2.30. The van der Waals surface area contributed by atoms with E-state index < -0.39 is 12.5 Å². The van der Waals surface area contributed by atoms with E-state index in [-0.39, 0.29) is 11.7 Å². The molecule has 0 amide bonds. The van der Waals surface area contributed by atoms with Crippen LogP contribution in [0, 0.1) is 11.8 Å². The van der Waals surface area contributed by atoms with E-state index in [9.17, 15) is 18.3 Å². The summed E-state index contributed by atoms with van der Waals surface area (Å²) in [6, 6.07) is 5.64. The minimum atomic E-state index is -4.71. The van der Waals surface area contributed by atoms with Crippen LogP contribution >= 0.6 is 0 Å². The molecule has 1 aromatic rings. The molecular formula is C15H19F3O2. The van der Waals surface area contributed by atoms with Gasteiger partial charge in [0.25, 0.3) is 0 Å². The van der Waals surface area contributed by atoms with Crippen LogP contribution in [0.25, 0.3) is 0 Å². The number of ether oxygens (including phenoxy) is 1. The Morgan fingerprint density at radius 3 is 2.70 bits per heavy atom. The van der Waals surface area contributed by atoms with Crippen molar-refractivity contribution in [1.82, 2.24) is 0 Å². The van der Waals surface area contributed by atoms with Crippen molar-refractivity contribution in [2.75, 3.05) is 0 Å². The van der Waals surface area contributed by atoms with Gasteiger partial charge in [-0.05, 0) is 42.4 Å². The van der Waals surface area contributed by atoms with E-state index >= 15 is 0 Å². The van der Waals surface area contributed by atoms with E-state index in [1.54, 1.807) is 6.07 Å². The second-order valence-electron chi connectivity index (χ2n) is 5.60. The topological polar surface area (TPSA) is 29.5 Å². The summed E-state index contributed by atoms with van der Waals surface area (Å²) in [7, 11) is 0. The molecule has 1 N–H and O–H groups in total. The van der Waals surface area contributed by atoms with Crippen LogP contribution in [-0.2, 0) is 0 Å². The zero-order valence-electron chi connectivity index (χ0n) is 11.4. The molecule has 3 unspecified atom stereocenters. The van der Waals surface area contributed by atoms with Crippen LogP contribution in [0.15, 0.2) is 24.3 Å². The number of hydrogen-bond donors (Lipinski definition) is 1. The summed E-state index contributed by atoms with van der Waals surface area (Å²) in [6.45, 7) is 2.14. The predicted molar refractivity (Wildman–Crippen MR) is 69.2 cm³/mol. The van der Waals surface area contributed by atoms with Gasteiger partial charge >= 0.3 is 6.36 Å². The van der Waals surface area contributed by atoms with E-state index in [2.05, 4.69) is 11.7 Å². The van der Waals surface area contributed by atoms with Crippen LogP contribution in [0.5, 0.6) is 5.75 Å².